The van der Waals surface area contributed by atoms with Gasteiger partial charge in [-0.15, -0.1) is 0 Å². The third kappa shape index (κ3) is 4.53. The lowest BCUT2D eigenvalue weighted by molar-refractivity contribution is 0.0947. The molecule has 1 fully saturated rings. The number of nitrogens with zero attached hydrogens (tertiary/aromatic N) is 3. The Morgan fingerprint density at radius 3 is 2.79 bits per heavy atom. The van der Waals surface area contributed by atoms with Crippen molar-refractivity contribution < 1.29 is 4.79 Å². The van der Waals surface area contributed by atoms with E-state index in [1.807, 2.05) is 0 Å². The van der Waals surface area contributed by atoms with Crippen LogP contribution < -0.4 is 10.9 Å². The van der Waals surface area contributed by atoms with E-state index in [9.17, 15) is 9.59 Å². The summed E-state index contributed by atoms with van der Waals surface area (Å²) in [6, 6.07) is 5.25. The third-order valence-corrected chi connectivity index (χ3v) is 6.21. The van der Waals surface area contributed by atoms with Crippen LogP contribution in [0.4, 0.5) is 0 Å². The maximum atomic E-state index is 12.7. The maximum absolute atomic E-state index is 12.7. The lowest BCUT2D eigenvalue weighted by atomic mass is 9.92. The molecule has 1 saturated heterocycles. The molecule has 2 aromatic rings. The summed E-state index contributed by atoms with van der Waals surface area (Å²) >= 11 is 0. The van der Waals surface area contributed by atoms with Crippen LogP contribution in [0.5, 0.6) is 0 Å². The van der Waals surface area contributed by atoms with Crippen molar-refractivity contribution in [3.05, 3.63) is 39.9 Å². The van der Waals surface area contributed by atoms with Crippen LogP contribution in [-0.2, 0) is 13.0 Å². The molecule has 0 aliphatic carbocycles. The zero-order valence-electron chi connectivity index (χ0n) is 17.6. The quantitative estimate of drug-likeness (QED) is 0.789. The molecule has 1 amide bonds. The Morgan fingerprint density at radius 1 is 1.21 bits per heavy atom. The first-order valence-corrected chi connectivity index (χ1v) is 11.1. The zero-order valence-corrected chi connectivity index (χ0v) is 17.6. The first-order valence-electron chi connectivity index (χ1n) is 11.1. The van der Waals surface area contributed by atoms with Crippen molar-refractivity contribution in [1.29, 1.82) is 0 Å². The highest BCUT2D eigenvalue weighted by Crippen LogP contribution is 2.21. The van der Waals surface area contributed by atoms with Crippen LogP contribution >= 0.6 is 0 Å². The Kier molecular flexibility index (Phi) is 5.99. The maximum Gasteiger partial charge on any atom is 0.261 e. The highest BCUT2D eigenvalue weighted by molar-refractivity contribution is 5.97. The first kappa shape index (κ1) is 20.1. The summed E-state index contributed by atoms with van der Waals surface area (Å²) in [5.74, 6) is 2.27. The van der Waals surface area contributed by atoms with Gasteiger partial charge in [0.05, 0.1) is 10.9 Å². The van der Waals surface area contributed by atoms with Crippen LogP contribution in [0.2, 0.25) is 0 Å². The smallest absolute Gasteiger partial charge is 0.261 e. The van der Waals surface area contributed by atoms with Gasteiger partial charge in [-0.3, -0.25) is 14.2 Å². The molecule has 0 radical (unpaired) electrons. The van der Waals surface area contributed by atoms with E-state index >= 15 is 0 Å². The van der Waals surface area contributed by atoms with Gasteiger partial charge in [0.25, 0.3) is 11.5 Å². The molecule has 6 heteroatoms. The number of hydrogen-bond donors (Lipinski definition) is 1. The van der Waals surface area contributed by atoms with Crippen LogP contribution in [0.1, 0.15) is 55.7 Å². The molecule has 4 rings (SSSR count). The number of carbonyl (C=O) groups excluding carboxylic acids is 1. The van der Waals surface area contributed by atoms with Crippen molar-refractivity contribution in [1.82, 2.24) is 19.8 Å². The minimum atomic E-state index is -0.0908. The predicted octanol–water partition coefficient (Wildman–Crippen LogP) is 2.83. The molecule has 3 heterocycles. The van der Waals surface area contributed by atoms with Gasteiger partial charge in [0.2, 0.25) is 0 Å². The van der Waals surface area contributed by atoms with Gasteiger partial charge in [-0.2, -0.15) is 0 Å². The van der Waals surface area contributed by atoms with E-state index in [1.54, 1.807) is 22.8 Å². The van der Waals surface area contributed by atoms with Crippen molar-refractivity contribution in [2.45, 2.75) is 52.5 Å². The van der Waals surface area contributed by atoms with Crippen LogP contribution in [0.3, 0.4) is 0 Å². The summed E-state index contributed by atoms with van der Waals surface area (Å²) < 4.78 is 1.79. The van der Waals surface area contributed by atoms with E-state index in [4.69, 9.17) is 0 Å². The number of amides is 1. The van der Waals surface area contributed by atoms with Gasteiger partial charge in [0, 0.05) is 38.2 Å². The molecule has 6 nitrogen and oxygen atoms in total. The van der Waals surface area contributed by atoms with E-state index < -0.39 is 0 Å². The number of fused-ring (bicyclic) bond motifs is 2. The lowest BCUT2D eigenvalue weighted by Crippen LogP contribution is -2.40. The summed E-state index contributed by atoms with van der Waals surface area (Å²) in [6.07, 6.45) is 5.18. The molecule has 0 bridgehead atoms. The summed E-state index contributed by atoms with van der Waals surface area (Å²) in [5, 5.41) is 3.62. The molecule has 2 aliphatic rings. The van der Waals surface area contributed by atoms with Gasteiger partial charge in [0.15, 0.2) is 0 Å². The molecule has 2 atom stereocenters. The SMILES string of the molecule is CC1CC(C)CN(CCCNC(=O)c2ccc3c(=O)n4c(nc3c2)CCCC4)C1. The molecule has 1 aromatic heterocycles. The Balaban J connectivity index is 1.37. The fourth-order valence-corrected chi connectivity index (χ4v) is 4.96. The summed E-state index contributed by atoms with van der Waals surface area (Å²) in [7, 11) is 0. The van der Waals surface area contributed by atoms with Gasteiger partial charge in [-0.05, 0) is 62.3 Å². The monoisotopic (exact) mass is 396 g/mol. The number of aryl methyl sites for hydroxylation is 1. The predicted molar refractivity (Wildman–Crippen MR) is 115 cm³/mol. The highest BCUT2D eigenvalue weighted by atomic mass is 16.1. The molecular formula is C23H32N4O2. The molecule has 1 N–H and O–H groups in total. The second kappa shape index (κ2) is 8.66. The molecule has 1 aromatic carbocycles. The summed E-state index contributed by atoms with van der Waals surface area (Å²) in [5.41, 5.74) is 1.22. The third-order valence-electron chi connectivity index (χ3n) is 6.21. The van der Waals surface area contributed by atoms with Crippen molar-refractivity contribution in [2.75, 3.05) is 26.2 Å². The standard InChI is InChI=1S/C23H32N4O2/c1-16-12-17(2)15-26(14-16)10-5-9-24-22(28)18-7-8-19-20(13-18)25-21-6-3-4-11-27(21)23(19)29/h7-8,13,16-17H,3-6,9-12,14-15H2,1-2H3,(H,24,28). The van der Waals surface area contributed by atoms with E-state index in [0.29, 0.717) is 23.0 Å². The number of rotatable bonds is 5. The topological polar surface area (TPSA) is 67.2 Å². The summed E-state index contributed by atoms with van der Waals surface area (Å²) in [6.45, 7) is 9.40. The first-order chi connectivity index (χ1) is 14.0. The molecule has 0 spiro atoms. The number of carbonyl (C=O) groups is 1. The lowest BCUT2D eigenvalue weighted by Gasteiger charge is -2.34. The number of hydrogen-bond acceptors (Lipinski definition) is 4. The number of benzene rings is 1. The van der Waals surface area contributed by atoms with Crippen molar-refractivity contribution >= 4 is 16.8 Å². The fraction of sp³-hybridized carbons (Fsp3) is 0.609. The Hall–Kier alpha value is -2.21. The van der Waals surface area contributed by atoms with Crippen LogP contribution in [0.25, 0.3) is 10.9 Å². The normalized spacial score (nSPS) is 22.4. The Morgan fingerprint density at radius 2 is 2.00 bits per heavy atom. The molecular weight excluding hydrogens is 364 g/mol. The van der Waals surface area contributed by atoms with E-state index in [0.717, 1.165) is 69.5 Å². The summed E-state index contributed by atoms with van der Waals surface area (Å²) in [4.78, 5) is 32.4. The largest absolute Gasteiger partial charge is 0.352 e. The number of piperidine rings is 1. The molecule has 29 heavy (non-hydrogen) atoms. The molecule has 2 unspecified atom stereocenters. The van der Waals surface area contributed by atoms with Crippen molar-refractivity contribution in [3.8, 4) is 0 Å². The van der Waals surface area contributed by atoms with Gasteiger partial charge in [0.1, 0.15) is 5.82 Å². The fourth-order valence-electron chi connectivity index (χ4n) is 4.96. The average Bonchev–Trinajstić information content (AvgIpc) is 2.70. The average molecular weight is 397 g/mol. The number of likely N-dealkylation sites (tertiary alicyclic amines) is 1. The molecule has 156 valence electrons. The Bertz CT molecular complexity index is 942. The minimum Gasteiger partial charge on any atom is -0.352 e. The van der Waals surface area contributed by atoms with Gasteiger partial charge < -0.3 is 10.2 Å². The van der Waals surface area contributed by atoms with E-state index in [2.05, 4.69) is 29.0 Å². The molecule has 0 saturated carbocycles. The second-order valence-corrected chi connectivity index (χ2v) is 8.99. The Labute approximate surface area is 172 Å². The van der Waals surface area contributed by atoms with Gasteiger partial charge in [-0.25, -0.2) is 4.98 Å². The number of nitrogens with one attached hydrogen (secondary N) is 1. The van der Waals surface area contributed by atoms with Gasteiger partial charge in [-0.1, -0.05) is 13.8 Å². The van der Waals surface area contributed by atoms with Crippen LogP contribution in [0.15, 0.2) is 23.0 Å². The van der Waals surface area contributed by atoms with E-state index in [-0.39, 0.29) is 11.5 Å². The molecule has 2 aliphatic heterocycles. The zero-order chi connectivity index (χ0) is 20.4. The second-order valence-electron chi connectivity index (χ2n) is 8.99. The van der Waals surface area contributed by atoms with Crippen molar-refractivity contribution in [3.63, 3.8) is 0 Å². The van der Waals surface area contributed by atoms with E-state index in [1.165, 1.54) is 6.42 Å². The van der Waals surface area contributed by atoms with Crippen LogP contribution in [0, 0.1) is 11.8 Å². The minimum absolute atomic E-state index is 0.0154. The van der Waals surface area contributed by atoms with Gasteiger partial charge >= 0.3 is 0 Å². The van der Waals surface area contributed by atoms with Crippen molar-refractivity contribution in [2.24, 2.45) is 11.8 Å². The highest BCUT2D eigenvalue weighted by Gasteiger charge is 2.21. The van der Waals surface area contributed by atoms with Crippen LogP contribution in [-0.4, -0.2) is 46.5 Å². The number of aromatic nitrogens is 2.